The van der Waals surface area contributed by atoms with Crippen LogP contribution in [0.4, 0.5) is 5.69 Å². The summed E-state index contributed by atoms with van der Waals surface area (Å²) in [6.07, 6.45) is 6.55. The summed E-state index contributed by atoms with van der Waals surface area (Å²) in [5.41, 5.74) is 2.14. The molecule has 0 bridgehead atoms. The van der Waals surface area contributed by atoms with E-state index >= 15 is 0 Å². The lowest BCUT2D eigenvalue weighted by Gasteiger charge is -2.38. The number of ether oxygens (including phenoxy) is 1. The van der Waals surface area contributed by atoms with Crippen molar-refractivity contribution in [2.45, 2.75) is 52.1 Å². The van der Waals surface area contributed by atoms with E-state index in [4.69, 9.17) is 4.74 Å². The molecule has 2 heterocycles. The van der Waals surface area contributed by atoms with Gasteiger partial charge in [-0.2, -0.15) is 0 Å². The molecule has 1 saturated heterocycles. The van der Waals surface area contributed by atoms with Gasteiger partial charge in [-0.05, 0) is 75.9 Å². The molecule has 1 aromatic carbocycles. The normalized spacial score (nSPS) is 19.2. The van der Waals surface area contributed by atoms with Crippen LogP contribution in [0.1, 0.15) is 49.0 Å². The van der Waals surface area contributed by atoms with Gasteiger partial charge in [0.25, 0.3) is 11.8 Å². The van der Waals surface area contributed by atoms with Gasteiger partial charge in [-0.3, -0.25) is 14.6 Å². The van der Waals surface area contributed by atoms with Crippen molar-refractivity contribution in [1.82, 2.24) is 9.88 Å². The smallest absolute Gasteiger partial charge is 0.260 e. The van der Waals surface area contributed by atoms with Gasteiger partial charge in [0.15, 0.2) is 6.61 Å². The Labute approximate surface area is 165 Å². The average molecular weight is 381 g/mol. The number of carbonyl (C=O) groups excluding carboxylic acids is 2. The lowest BCUT2D eigenvalue weighted by Crippen LogP contribution is -2.49. The summed E-state index contributed by atoms with van der Waals surface area (Å²) in [7, 11) is 0. The van der Waals surface area contributed by atoms with Gasteiger partial charge < -0.3 is 15.0 Å². The van der Waals surface area contributed by atoms with Crippen LogP contribution < -0.4 is 10.1 Å². The van der Waals surface area contributed by atoms with Crippen LogP contribution in [0, 0.1) is 6.92 Å². The number of hydrogen-bond acceptors (Lipinski definition) is 4. The quantitative estimate of drug-likeness (QED) is 0.855. The second-order valence-corrected chi connectivity index (χ2v) is 7.39. The zero-order valence-electron chi connectivity index (χ0n) is 16.6. The van der Waals surface area contributed by atoms with Gasteiger partial charge in [-0.1, -0.05) is 0 Å². The summed E-state index contributed by atoms with van der Waals surface area (Å²) >= 11 is 0. The second kappa shape index (κ2) is 8.87. The largest absolute Gasteiger partial charge is 0.484 e. The average Bonchev–Trinajstić information content (AvgIpc) is 2.68. The molecule has 2 unspecified atom stereocenters. The van der Waals surface area contributed by atoms with Crippen molar-refractivity contribution in [2.75, 3.05) is 11.9 Å². The first-order chi connectivity index (χ1) is 13.5. The first-order valence-electron chi connectivity index (χ1n) is 9.71. The van der Waals surface area contributed by atoms with Crippen molar-refractivity contribution in [1.29, 1.82) is 0 Å². The van der Waals surface area contributed by atoms with Crippen LogP contribution in [-0.4, -0.2) is 40.4 Å². The number of rotatable bonds is 5. The Balaban J connectivity index is 1.56. The fourth-order valence-corrected chi connectivity index (χ4v) is 3.62. The summed E-state index contributed by atoms with van der Waals surface area (Å²) in [5.74, 6) is 0.364. The molecular formula is C22H27N3O3. The topological polar surface area (TPSA) is 71.5 Å². The molecule has 0 aliphatic carbocycles. The predicted octanol–water partition coefficient (Wildman–Crippen LogP) is 3.81. The van der Waals surface area contributed by atoms with Gasteiger partial charge >= 0.3 is 0 Å². The van der Waals surface area contributed by atoms with Gasteiger partial charge in [0.05, 0.1) is 11.9 Å². The number of aryl methyl sites for hydroxylation is 1. The molecule has 3 rings (SSSR count). The number of nitrogens with one attached hydrogen (secondary N) is 1. The van der Waals surface area contributed by atoms with E-state index in [9.17, 15) is 9.59 Å². The summed E-state index contributed by atoms with van der Waals surface area (Å²) in [6, 6.07) is 9.14. The summed E-state index contributed by atoms with van der Waals surface area (Å²) in [6.45, 7) is 6.10. The molecule has 148 valence electrons. The number of nitrogens with zero attached hydrogens (tertiary/aromatic N) is 2. The second-order valence-electron chi connectivity index (χ2n) is 7.39. The van der Waals surface area contributed by atoms with E-state index < -0.39 is 0 Å². The lowest BCUT2D eigenvalue weighted by atomic mass is 9.97. The SMILES string of the molecule is Cc1ccncc1NC(=O)c1ccc(OCC(=O)N2C(C)CCCC2C)cc1. The monoisotopic (exact) mass is 381 g/mol. The number of likely N-dealkylation sites (tertiary alicyclic amines) is 1. The van der Waals surface area contributed by atoms with E-state index in [1.165, 1.54) is 0 Å². The maximum atomic E-state index is 12.5. The minimum absolute atomic E-state index is 0.00794. The highest BCUT2D eigenvalue weighted by Crippen LogP contribution is 2.23. The minimum atomic E-state index is -0.213. The fraction of sp³-hybridized carbons (Fsp3) is 0.409. The Morgan fingerprint density at radius 1 is 1.14 bits per heavy atom. The number of carbonyl (C=O) groups is 2. The Morgan fingerprint density at radius 2 is 1.82 bits per heavy atom. The summed E-state index contributed by atoms with van der Waals surface area (Å²) < 4.78 is 5.66. The zero-order chi connectivity index (χ0) is 20.1. The van der Waals surface area contributed by atoms with Gasteiger partial charge in [0.2, 0.25) is 0 Å². The number of benzene rings is 1. The van der Waals surface area contributed by atoms with E-state index in [1.54, 1.807) is 36.7 Å². The standard InChI is InChI=1S/C22H27N3O3/c1-15-11-12-23-13-20(15)24-22(27)18-7-9-19(10-8-18)28-14-21(26)25-16(2)5-4-6-17(25)3/h7-13,16-17H,4-6,14H2,1-3H3,(H,24,27). The van der Waals surface area contributed by atoms with Gasteiger partial charge in [-0.15, -0.1) is 0 Å². The number of pyridine rings is 1. The molecule has 0 spiro atoms. The van der Waals surface area contributed by atoms with Gasteiger partial charge in [0.1, 0.15) is 5.75 Å². The maximum Gasteiger partial charge on any atom is 0.260 e. The molecule has 28 heavy (non-hydrogen) atoms. The zero-order valence-corrected chi connectivity index (χ0v) is 16.6. The van der Waals surface area contributed by atoms with Crippen molar-refractivity contribution >= 4 is 17.5 Å². The highest BCUT2D eigenvalue weighted by Gasteiger charge is 2.28. The van der Waals surface area contributed by atoms with Crippen LogP contribution in [0.3, 0.4) is 0 Å². The molecule has 6 nitrogen and oxygen atoms in total. The molecule has 2 atom stereocenters. The Hall–Kier alpha value is -2.89. The van der Waals surface area contributed by atoms with Gasteiger partial charge in [-0.25, -0.2) is 0 Å². The third-order valence-electron chi connectivity index (χ3n) is 5.25. The van der Waals surface area contributed by atoms with E-state index in [2.05, 4.69) is 24.1 Å². The molecule has 1 aliphatic heterocycles. The Kier molecular flexibility index (Phi) is 6.29. The van der Waals surface area contributed by atoms with Crippen LogP contribution in [0.5, 0.6) is 5.75 Å². The van der Waals surface area contributed by atoms with Crippen molar-refractivity contribution in [3.8, 4) is 5.75 Å². The summed E-state index contributed by atoms with van der Waals surface area (Å²) in [4.78, 5) is 30.9. The number of aromatic nitrogens is 1. The van der Waals surface area contributed by atoms with E-state index in [0.717, 1.165) is 24.8 Å². The van der Waals surface area contributed by atoms with E-state index in [1.807, 2.05) is 17.9 Å². The predicted molar refractivity (Wildman–Crippen MR) is 108 cm³/mol. The van der Waals surface area contributed by atoms with Crippen molar-refractivity contribution in [2.24, 2.45) is 0 Å². The van der Waals surface area contributed by atoms with Crippen LogP contribution in [0.2, 0.25) is 0 Å². The summed E-state index contributed by atoms with van der Waals surface area (Å²) in [5, 5.41) is 2.85. The molecule has 1 fully saturated rings. The van der Waals surface area contributed by atoms with Gasteiger partial charge in [0, 0.05) is 23.8 Å². The van der Waals surface area contributed by atoms with E-state index in [-0.39, 0.29) is 30.5 Å². The third kappa shape index (κ3) is 4.68. The number of hydrogen-bond donors (Lipinski definition) is 1. The Morgan fingerprint density at radius 3 is 2.46 bits per heavy atom. The van der Waals surface area contributed by atoms with Crippen molar-refractivity contribution in [3.63, 3.8) is 0 Å². The molecular weight excluding hydrogens is 354 g/mol. The first-order valence-corrected chi connectivity index (χ1v) is 9.71. The number of amides is 2. The number of anilines is 1. The maximum absolute atomic E-state index is 12.5. The molecule has 1 aliphatic rings. The van der Waals surface area contributed by atoms with Crippen LogP contribution in [0.15, 0.2) is 42.7 Å². The molecule has 0 saturated carbocycles. The van der Waals surface area contributed by atoms with Crippen molar-refractivity contribution in [3.05, 3.63) is 53.9 Å². The van der Waals surface area contributed by atoms with E-state index in [0.29, 0.717) is 17.0 Å². The third-order valence-corrected chi connectivity index (χ3v) is 5.25. The molecule has 1 N–H and O–H groups in total. The highest BCUT2D eigenvalue weighted by atomic mass is 16.5. The van der Waals surface area contributed by atoms with Crippen LogP contribution in [-0.2, 0) is 4.79 Å². The lowest BCUT2D eigenvalue weighted by molar-refractivity contribution is -0.139. The number of piperidine rings is 1. The minimum Gasteiger partial charge on any atom is -0.484 e. The molecule has 2 amide bonds. The molecule has 0 radical (unpaired) electrons. The molecule has 2 aromatic rings. The fourth-order valence-electron chi connectivity index (χ4n) is 3.62. The van der Waals surface area contributed by atoms with Crippen molar-refractivity contribution < 1.29 is 14.3 Å². The molecule has 6 heteroatoms. The molecule has 1 aromatic heterocycles. The highest BCUT2D eigenvalue weighted by molar-refractivity contribution is 6.04. The Bertz CT molecular complexity index is 825. The first kappa shape index (κ1) is 19.9. The van der Waals surface area contributed by atoms with Crippen LogP contribution >= 0.6 is 0 Å². The van der Waals surface area contributed by atoms with Crippen LogP contribution in [0.25, 0.3) is 0 Å².